The van der Waals surface area contributed by atoms with Crippen LogP contribution in [-0.2, 0) is 6.54 Å². The molecule has 0 atom stereocenters. The highest BCUT2D eigenvalue weighted by Gasteiger charge is 2.17. The van der Waals surface area contributed by atoms with E-state index < -0.39 is 0 Å². The fraction of sp³-hybridized carbons (Fsp3) is 0.667. The van der Waals surface area contributed by atoms with Crippen molar-refractivity contribution >= 4 is 5.82 Å². The van der Waals surface area contributed by atoms with E-state index in [-0.39, 0.29) is 0 Å². The zero-order chi connectivity index (χ0) is 11.5. The van der Waals surface area contributed by atoms with Crippen LogP contribution in [0.4, 0.5) is 5.82 Å². The van der Waals surface area contributed by atoms with Crippen molar-refractivity contribution in [1.29, 1.82) is 0 Å². The van der Waals surface area contributed by atoms with E-state index in [4.69, 9.17) is 4.74 Å². The standard InChI is InChI=1S/C12H18N4O/c1-2-9(3-1)6-15-11-8-14-10-7-13-4-5-17-12(10)16-11/h8-9,13H,1-7H2,(H,15,16). The summed E-state index contributed by atoms with van der Waals surface area (Å²) >= 11 is 0. The van der Waals surface area contributed by atoms with Gasteiger partial charge in [-0.25, -0.2) is 0 Å². The third-order valence-electron chi connectivity index (χ3n) is 3.42. The molecule has 1 aliphatic heterocycles. The maximum absolute atomic E-state index is 5.56. The third kappa shape index (κ3) is 2.49. The lowest BCUT2D eigenvalue weighted by Crippen LogP contribution is -2.21. The summed E-state index contributed by atoms with van der Waals surface area (Å²) in [7, 11) is 0. The molecule has 1 saturated carbocycles. The second kappa shape index (κ2) is 4.87. The van der Waals surface area contributed by atoms with Gasteiger partial charge in [0.25, 0.3) is 0 Å². The zero-order valence-electron chi connectivity index (χ0n) is 9.91. The van der Waals surface area contributed by atoms with Gasteiger partial charge < -0.3 is 15.4 Å². The van der Waals surface area contributed by atoms with E-state index in [1.54, 1.807) is 6.20 Å². The topological polar surface area (TPSA) is 59.1 Å². The van der Waals surface area contributed by atoms with E-state index in [0.717, 1.165) is 37.1 Å². The predicted octanol–water partition coefficient (Wildman–Crippen LogP) is 1.17. The molecule has 1 aromatic rings. The molecule has 0 bridgehead atoms. The summed E-state index contributed by atoms with van der Waals surface area (Å²) in [5, 5.41) is 6.59. The van der Waals surface area contributed by atoms with Crippen molar-refractivity contribution in [2.24, 2.45) is 5.92 Å². The van der Waals surface area contributed by atoms with Gasteiger partial charge in [0, 0.05) is 19.6 Å². The molecule has 2 N–H and O–H groups in total. The van der Waals surface area contributed by atoms with Crippen LogP contribution in [0.3, 0.4) is 0 Å². The van der Waals surface area contributed by atoms with Crippen LogP contribution in [0.5, 0.6) is 5.88 Å². The molecule has 1 aromatic heterocycles. The Labute approximate surface area is 101 Å². The van der Waals surface area contributed by atoms with E-state index in [1.165, 1.54) is 19.3 Å². The van der Waals surface area contributed by atoms with Crippen molar-refractivity contribution in [3.63, 3.8) is 0 Å². The van der Waals surface area contributed by atoms with Crippen molar-refractivity contribution < 1.29 is 4.74 Å². The SMILES string of the molecule is c1nc2c(nc1NCC1CCC1)OCCNC2. The van der Waals surface area contributed by atoms with Crippen LogP contribution in [0.2, 0.25) is 0 Å². The van der Waals surface area contributed by atoms with Gasteiger partial charge in [0.1, 0.15) is 18.1 Å². The van der Waals surface area contributed by atoms with Crippen molar-refractivity contribution in [1.82, 2.24) is 15.3 Å². The Hall–Kier alpha value is -1.36. The second-order valence-corrected chi connectivity index (χ2v) is 4.71. The maximum Gasteiger partial charge on any atom is 0.239 e. The quantitative estimate of drug-likeness (QED) is 0.822. The molecule has 0 amide bonds. The number of anilines is 1. The average molecular weight is 234 g/mol. The average Bonchev–Trinajstić information content (AvgIpc) is 2.51. The summed E-state index contributed by atoms with van der Waals surface area (Å²) in [5.41, 5.74) is 0.900. The van der Waals surface area contributed by atoms with Crippen molar-refractivity contribution in [2.45, 2.75) is 25.8 Å². The van der Waals surface area contributed by atoms with Gasteiger partial charge in [0.2, 0.25) is 5.88 Å². The molecule has 1 aliphatic carbocycles. The third-order valence-corrected chi connectivity index (χ3v) is 3.42. The Kier molecular flexibility index (Phi) is 3.09. The minimum absolute atomic E-state index is 0.660. The summed E-state index contributed by atoms with van der Waals surface area (Å²) in [4.78, 5) is 8.86. The van der Waals surface area contributed by atoms with Gasteiger partial charge in [-0.05, 0) is 18.8 Å². The predicted molar refractivity (Wildman–Crippen MR) is 65.1 cm³/mol. The summed E-state index contributed by atoms with van der Waals surface area (Å²) in [5.74, 6) is 2.32. The molecule has 2 aliphatic rings. The summed E-state index contributed by atoms with van der Waals surface area (Å²) in [6.45, 7) is 3.26. The molecule has 3 rings (SSSR count). The molecule has 92 valence electrons. The number of hydrogen-bond acceptors (Lipinski definition) is 5. The van der Waals surface area contributed by atoms with Crippen LogP contribution in [0.1, 0.15) is 25.0 Å². The minimum atomic E-state index is 0.660. The van der Waals surface area contributed by atoms with Gasteiger partial charge >= 0.3 is 0 Å². The molecule has 5 nitrogen and oxygen atoms in total. The molecule has 0 spiro atoms. The summed E-state index contributed by atoms with van der Waals surface area (Å²) in [6, 6.07) is 0. The van der Waals surface area contributed by atoms with E-state index in [1.807, 2.05) is 0 Å². The van der Waals surface area contributed by atoms with E-state index >= 15 is 0 Å². The normalized spacial score (nSPS) is 19.8. The van der Waals surface area contributed by atoms with Gasteiger partial charge in [-0.3, -0.25) is 4.98 Å². The molecule has 2 heterocycles. The minimum Gasteiger partial charge on any atom is -0.475 e. The number of rotatable bonds is 3. The molecule has 17 heavy (non-hydrogen) atoms. The van der Waals surface area contributed by atoms with Crippen LogP contribution in [0.25, 0.3) is 0 Å². The Morgan fingerprint density at radius 1 is 1.47 bits per heavy atom. The molecule has 0 saturated heterocycles. The number of fused-ring (bicyclic) bond motifs is 1. The lowest BCUT2D eigenvalue weighted by Gasteiger charge is -2.25. The Morgan fingerprint density at radius 2 is 2.41 bits per heavy atom. The van der Waals surface area contributed by atoms with E-state index in [0.29, 0.717) is 12.5 Å². The fourth-order valence-electron chi connectivity index (χ4n) is 2.09. The summed E-state index contributed by atoms with van der Waals surface area (Å²) < 4.78 is 5.56. The van der Waals surface area contributed by atoms with Crippen LogP contribution >= 0.6 is 0 Å². The highest BCUT2D eigenvalue weighted by molar-refractivity contribution is 5.36. The van der Waals surface area contributed by atoms with Crippen LogP contribution in [0.15, 0.2) is 6.20 Å². The molecule has 0 unspecified atom stereocenters. The van der Waals surface area contributed by atoms with Gasteiger partial charge in [-0.15, -0.1) is 0 Å². The van der Waals surface area contributed by atoms with E-state index in [9.17, 15) is 0 Å². The first-order chi connectivity index (χ1) is 8.42. The molecule has 0 aromatic carbocycles. The van der Waals surface area contributed by atoms with Crippen molar-refractivity contribution in [2.75, 3.05) is 25.0 Å². The van der Waals surface area contributed by atoms with Crippen molar-refractivity contribution in [3.05, 3.63) is 11.9 Å². The lowest BCUT2D eigenvalue weighted by molar-refractivity contribution is 0.312. The fourth-order valence-corrected chi connectivity index (χ4v) is 2.09. The van der Waals surface area contributed by atoms with Gasteiger partial charge in [0.05, 0.1) is 6.20 Å². The van der Waals surface area contributed by atoms with E-state index in [2.05, 4.69) is 20.6 Å². The second-order valence-electron chi connectivity index (χ2n) is 4.71. The first-order valence-corrected chi connectivity index (χ1v) is 6.35. The highest BCUT2D eigenvalue weighted by atomic mass is 16.5. The first kappa shape index (κ1) is 10.8. The van der Waals surface area contributed by atoms with Crippen LogP contribution < -0.4 is 15.4 Å². The molecular weight excluding hydrogens is 216 g/mol. The number of ether oxygens (including phenoxy) is 1. The number of hydrogen-bond donors (Lipinski definition) is 2. The Morgan fingerprint density at radius 3 is 3.24 bits per heavy atom. The van der Waals surface area contributed by atoms with Gasteiger partial charge in [0.15, 0.2) is 0 Å². The van der Waals surface area contributed by atoms with Crippen LogP contribution in [0, 0.1) is 5.92 Å². The Balaban J connectivity index is 1.66. The summed E-state index contributed by atoms with van der Waals surface area (Å²) in [6.07, 6.45) is 5.85. The number of nitrogens with zero attached hydrogens (tertiary/aromatic N) is 2. The Bertz CT molecular complexity index is 392. The lowest BCUT2D eigenvalue weighted by atomic mass is 9.85. The first-order valence-electron chi connectivity index (χ1n) is 6.35. The smallest absolute Gasteiger partial charge is 0.239 e. The maximum atomic E-state index is 5.56. The highest BCUT2D eigenvalue weighted by Crippen LogP contribution is 2.26. The number of nitrogens with one attached hydrogen (secondary N) is 2. The largest absolute Gasteiger partial charge is 0.475 e. The molecule has 5 heteroatoms. The molecular formula is C12H18N4O. The molecule has 0 radical (unpaired) electrons. The number of aromatic nitrogens is 2. The monoisotopic (exact) mass is 234 g/mol. The van der Waals surface area contributed by atoms with Crippen LogP contribution in [-0.4, -0.2) is 29.7 Å². The zero-order valence-corrected chi connectivity index (χ0v) is 9.91. The van der Waals surface area contributed by atoms with Crippen molar-refractivity contribution in [3.8, 4) is 5.88 Å². The van der Waals surface area contributed by atoms with Gasteiger partial charge in [-0.2, -0.15) is 4.98 Å². The van der Waals surface area contributed by atoms with Gasteiger partial charge in [-0.1, -0.05) is 6.42 Å². The molecule has 1 fully saturated rings.